The second-order valence-electron chi connectivity index (χ2n) is 32.0. The number of alkyl halides is 3. The van der Waals surface area contributed by atoms with Gasteiger partial charge in [0.15, 0.2) is 0 Å². The molecule has 0 atom stereocenters. The molecule has 0 aliphatic rings. The van der Waals surface area contributed by atoms with Crippen LogP contribution in [0.5, 0.6) is 46.0 Å². The summed E-state index contributed by atoms with van der Waals surface area (Å²) in [5, 5.41) is 32.9. The summed E-state index contributed by atoms with van der Waals surface area (Å²) in [6.07, 6.45) is 17.0. The highest BCUT2D eigenvalue weighted by Crippen LogP contribution is 2.41. The summed E-state index contributed by atoms with van der Waals surface area (Å²) < 4.78 is 89.0. The van der Waals surface area contributed by atoms with Crippen molar-refractivity contribution in [1.82, 2.24) is 99.6 Å². The Morgan fingerprint density at radius 2 is 0.743 bits per heavy atom. The number of nitrogens with two attached hydrogens (primary N) is 1. The van der Waals surface area contributed by atoms with E-state index >= 15 is 0 Å². The molecule has 0 spiro atoms. The number of hydrogen-bond donors (Lipinski definition) is 4. The van der Waals surface area contributed by atoms with Gasteiger partial charge in [0.25, 0.3) is 0 Å². The summed E-state index contributed by atoms with van der Waals surface area (Å²) in [5.41, 5.74) is 28.2. The van der Waals surface area contributed by atoms with E-state index in [1.54, 1.807) is 128 Å². The Labute approximate surface area is 809 Å². The Balaban J connectivity index is 0.000000157. The smallest absolute Gasteiger partial charge is 0.401 e. The van der Waals surface area contributed by atoms with E-state index in [0.29, 0.717) is 81.7 Å². The largest absolute Gasteiger partial charge is 0.497 e. The molecule has 0 bridgehead atoms. The fourth-order valence-electron chi connectivity index (χ4n) is 15.5. The van der Waals surface area contributed by atoms with Crippen LogP contribution in [0.3, 0.4) is 0 Å². The highest BCUT2D eigenvalue weighted by Gasteiger charge is 2.28. The molecule has 5 N–H and O–H groups in total. The third-order valence-corrected chi connectivity index (χ3v) is 22.5. The Morgan fingerprint density at radius 1 is 0.400 bits per heavy atom. The first-order chi connectivity index (χ1) is 67.3. The van der Waals surface area contributed by atoms with Gasteiger partial charge in [-0.25, -0.2) is 29.9 Å². The third-order valence-electron chi connectivity index (χ3n) is 22.5. The number of rotatable bonds is 33. The molecule has 34 nitrogen and oxygen atoms in total. The van der Waals surface area contributed by atoms with Crippen molar-refractivity contribution in [2.75, 3.05) is 135 Å². The summed E-state index contributed by atoms with van der Waals surface area (Å²) in [5.74, 6) is 11.7. The molecule has 37 heteroatoms. The van der Waals surface area contributed by atoms with Gasteiger partial charge in [-0.1, -0.05) is 41.0 Å². The predicted octanol–water partition coefficient (Wildman–Crippen LogP) is 17.1. The average molecular weight is 1900 g/mol. The second-order valence-corrected chi connectivity index (χ2v) is 32.0. The minimum Gasteiger partial charge on any atom is -0.497 e. The molecule has 17 aromatic rings. The molecule has 0 radical (unpaired) electrons. The van der Waals surface area contributed by atoms with Crippen molar-refractivity contribution >= 4 is 95.6 Å². The summed E-state index contributed by atoms with van der Waals surface area (Å²) >= 11 is 0. The quantitative estimate of drug-likeness (QED) is 0.0219. The van der Waals surface area contributed by atoms with Crippen molar-refractivity contribution in [1.29, 1.82) is 0 Å². The number of benzene rings is 8. The van der Waals surface area contributed by atoms with E-state index in [2.05, 4.69) is 118 Å². The molecular weight excluding hydrogens is 1790 g/mol. The predicted molar refractivity (Wildman–Crippen MR) is 541 cm³/mol. The van der Waals surface area contributed by atoms with Crippen molar-refractivity contribution in [2.24, 2.45) is 28.2 Å². The van der Waals surface area contributed by atoms with E-state index in [1.807, 2.05) is 198 Å². The second kappa shape index (κ2) is 46.9. The molecule has 0 aliphatic carbocycles. The van der Waals surface area contributed by atoms with Crippen LogP contribution in [0.25, 0.3) is 89.2 Å². The SMILES string of the molecule is C.CCc1c(-c2cnc3ccc(N(CCNCC(F)(F)F)c4cc(OC)cc(OC)c4)cc3n2)cnn1C.CCc1c(-c2cnc3ccc(N(CCO)c4cc(OC)cc(OC)c4)cc3n2)cnn1C.COc1cc(OC)cc(N(CC#Cc2ccnc(N)n2)c2ccc3ncc(-c4cnn(C)c4)nc3c2)c1.COc1cc(OC)cc(N(CCNC(C)C)c2ccc3ncc(-c4cnn(C)c4)nc3c2)c1. The molecule has 9 heterocycles. The summed E-state index contributed by atoms with van der Waals surface area (Å²) in [6.45, 7) is 10.0. The van der Waals surface area contributed by atoms with Gasteiger partial charge < -0.3 is 79.0 Å². The number of aromatic nitrogens is 18. The van der Waals surface area contributed by atoms with Crippen LogP contribution in [0, 0.1) is 11.8 Å². The maximum absolute atomic E-state index is 12.7. The van der Waals surface area contributed by atoms with Crippen LogP contribution in [-0.4, -0.2) is 216 Å². The lowest BCUT2D eigenvalue weighted by Gasteiger charge is -2.27. The first-order valence-corrected chi connectivity index (χ1v) is 44.6. The number of aliphatic hydroxyl groups is 1. The number of nitrogens with one attached hydrogen (secondary N) is 2. The van der Waals surface area contributed by atoms with Crippen molar-refractivity contribution < 1.29 is 56.2 Å². The average Bonchev–Trinajstić information content (AvgIpc) is 1.55. The van der Waals surface area contributed by atoms with Gasteiger partial charge in [-0.15, -0.1) is 0 Å². The van der Waals surface area contributed by atoms with Crippen molar-refractivity contribution in [3.8, 4) is 103 Å². The fraction of sp³-hybridized carbons (Fsp3) is 0.282. The van der Waals surface area contributed by atoms with Crippen LogP contribution >= 0.6 is 0 Å². The van der Waals surface area contributed by atoms with Gasteiger partial charge in [-0.2, -0.15) is 33.6 Å². The number of nitrogen functional groups attached to an aromatic ring is 1. The number of ether oxygens (including phenoxy) is 8. The summed E-state index contributed by atoms with van der Waals surface area (Å²) in [7, 11) is 20.5. The first-order valence-electron chi connectivity index (χ1n) is 44.6. The molecule has 8 aromatic carbocycles. The van der Waals surface area contributed by atoms with E-state index in [0.717, 1.165) is 161 Å². The number of fused-ring (bicyclic) bond motifs is 4. The van der Waals surface area contributed by atoms with Gasteiger partial charge in [0, 0.05) is 237 Å². The molecule has 9 aromatic heterocycles. The Kier molecular flexibility index (Phi) is 33.9. The number of anilines is 9. The van der Waals surface area contributed by atoms with Crippen LogP contribution in [0.2, 0.25) is 0 Å². The normalized spacial score (nSPS) is 11.0. The Morgan fingerprint density at radius 3 is 1.07 bits per heavy atom. The zero-order valence-corrected chi connectivity index (χ0v) is 80.2. The standard InChI is InChI=1S/C27H24N8O2.C26H29F3N6O2.C25H30N6O2.C24H27N5O3.CH4/c1-34-17-18(15-31-34)26-16-30-24-7-6-20(13-25(24)33-26)35(10-4-5-19-8-9-29-27(28)32-19)21-11-22(36-2)14-23(12-21)37-3;1-5-25-21(14-32-34(25)2)24-15-31-22-7-6-17(12-23(22)33-24)35(9-8-30-16-26(27,28)29)18-10-19(36-3)13-20(11-18)37-4;1-17(2)26-8-9-31(20-10-21(32-4)13-22(11-20)33-5)19-6-7-23-24(12-19)29-25(15-27-23)18-14-28-30(3)16-18;1-5-24-20(14-26-28(24)2)23-15-25-21-7-6-16(12-22(21)27-23)29(8-9-30)17-10-18(31-3)13-19(11-17)32-4;/h6-9,11-17H,10H2,1-3H3,(H2,28,29,32);6-7,10-15,30H,5,8-9,16H2,1-4H3;6-7,10-17,26H,8-9H2,1-5H3;6-7,10-15,30H,5,8-9H2,1-4H3;1H4. The van der Waals surface area contributed by atoms with Crippen molar-refractivity contribution in [3.63, 3.8) is 0 Å². The zero-order valence-electron chi connectivity index (χ0n) is 80.2. The molecule has 0 aliphatic heterocycles. The third kappa shape index (κ3) is 25.3. The van der Waals surface area contributed by atoms with Crippen molar-refractivity contribution in [3.05, 3.63) is 237 Å². The molecule has 0 unspecified atom stereocenters. The molecule has 726 valence electrons. The number of halogens is 3. The van der Waals surface area contributed by atoms with E-state index in [4.69, 9.17) is 63.6 Å². The molecular formula is C103H114F3N25O9. The number of nitrogens with zero attached hydrogens (tertiary/aromatic N) is 22. The lowest BCUT2D eigenvalue weighted by Crippen LogP contribution is -2.34. The minimum absolute atomic E-state index is 0. The van der Waals surface area contributed by atoms with Crippen LogP contribution < -0.4 is 73.9 Å². The lowest BCUT2D eigenvalue weighted by molar-refractivity contribution is -0.124. The van der Waals surface area contributed by atoms with Crippen LogP contribution in [0.1, 0.15) is 52.2 Å². The Bertz CT molecular complexity index is 7070. The molecule has 0 fully saturated rings. The number of hydrogen-bond acceptors (Lipinski definition) is 30. The minimum atomic E-state index is -4.29. The van der Waals surface area contributed by atoms with Gasteiger partial charge in [0.1, 0.15) is 51.7 Å². The zero-order chi connectivity index (χ0) is 98.4. The number of methoxy groups -OCH3 is 8. The number of aliphatic hydroxyl groups excluding tert-OH is 1. The van der Waals surface area contributed by atoms with Gasteiger partial charge >= 0.3 is 6.18 Å². The topological polar surface area (TPSA) is 357 Å². The lowest BCUT2D eigenvalue weighted by atomic mass is 10.1. The fourth-order valence-corrected chi connectivity index (χ4v) is 15.5. The Hall–Kier alpha value is -16.3. The van der Waals surface area contributed by atoms with E-state index in [-0.39, 0.29) is 33.1 Å². The van der Waals surface area contributed by atoms with Crippen LogP contribution in [0.4, 0.5) is 64.6 Å². The van der Waals surface area contributed by atoms with E-state index < -0.39 is 12.7 Å². The molecule has 0 amide bonds. The maximum Gasteiger partial charge on any atom is 0.401 e. The van der Waals surface area contributed by atoms with E-state index in [9.17, 15) is 18.3 Å². The molecule has 17 rings (SSSR count). The highest BCUT2D eigenvalue weighted by atomic mass is 19.4. The van der Waals surface area contributed by atoms with E-state index in [1.165, 1.54) is 0 Å². The van der Waals surface area contributed by atoms with Crippen molar-refractivity contribution in [2.45, 2.75) is 60.2 Å². The monoisotopic (exact) mass is 1900 g/mol. The highest BCUT2D eigenvalue weighted by molar-refractivity contribution is 5.88. The molecule has 0 saturated carbocycles. The van der Waals surface area contributed by atoms with Gasteiger partial charge in [0.05, 0.1) is 193 Å². The maximum atomic E-state index is 12.7. The van der Waals surface area contributed by atoms with Crippen LogP contribution in [-0.2, 0) is 41.0 Å². The summed E-state index contributed by atoms with van der Waals surface area (Å²) in [4.78, 5) is 54.1. The summed E-state index contributed by atoms with van der Waals surface area (Å²) in [6, 6.07) is 48.2. The molecule has 140 heavy (non-hydrogen) atoms. The first kappa shape index (κ1) is 101. The number of aryl methyl sites for hydroxylation is 4. The van der Waals surface area contributed by atoms with Gasteiger partial charge in [-0.3, -0.25) is 38.7 Å². The van der Waals surface area contributed by atoms with Gasteiger partial charge in [0.2, 0.25) is 5.95 Å². The van der Waals surface area contributed by atoms with Gasteiger partial charge in [-0.05, 0) is 97.6 Å². The van der Waals surface area contributed by atoms with Crippen LogP contribution in [0.15, 0.2) is 220 Å². The molecule has 0 saturated heterocycles.